The topological polar surface area (TPSA) is 17.1 Å². The van der Waals surface area contributed by atoms with Gasteiger partial charge in [0.25, 0.3) is 0 Å². The molecular weight excluding hydrogens is 324 g/mol. The van der Waals surface area contributed by atoms with Crippen LogP contribution in [0.2, 0.25) is 5.02 Å². The van der Waals surface area contributed by atoms with Crippen molar-refractivity contribution in [2.24, 2.45) is 0 Å². The fourth-order valence-electron chi connectivity index (χ4n) is 2.06. The normalized spacial score (nSPS) is 10.7. The van der Waals surface area contributed by atoms with Gasteiger partial charge in [0.05, 0.1) is 5.02 Å². The summed E-state index contributed by atoms with van der Waals surface area (Å²) in [6.07, 6.45) is 9.25. The van der Waals surface area contributed by atoms with E-state index < -0.39 is 0 Å². The predicted octanol–water partition coefficient (Wildman–Crippen LogP) is 6.43. The Hall–Kier alpha value is -0.340. The molecule has 1 aromatic rings. The van der Waals surface area contributed by atoms with Gasteiger partial charge in [-0.15, -0.1) is 0 Å². The minimum atomic E-state index is 0.197. The number of carbonyl (C=O) groups is 1. The molecule has 0 spiro atoms. The van der Waals surface area contributed by atoms with Crippen LogP contribution in [0.5, 0.6) is 0 Å². The molecule has 0 fully saturated rings. The maximum Gasteiger partial charge on any atom is 0.162 e. The number of hydrogen-bond donors (Lipinski definition) is 0. The van der Waals surface area contributed by atoms with Gasteiger partial charge in [0.2, 0.25) is 0 Å². The molecule has 19 heavy (non-hydrogen) atoms. The molecule has 0 aliphatic carbocycles. The lowest BCUT2D eigenvalue weighted by Gasteiger charge is -2.03. The molecule has 1 aromatic carbocycles. The molecule has 1 rings (SSSR count). The average Bonchev–Trinajstić information content (AvgIpc) is 2.40. The largest absolute Gasteiger partial charge is 0.294 e. The summed E-state index contributed by atoms with van der Waals surface area (Å²) in [6.45, 7) is 2.22. The monoisotopic (exact) mass is 344 g/mol. The van der Waals surface area contributed by atoms with Gasteiger partial charge in [0, 0.05) is 16.5 Å². The van der Waals surface area contributed by atoms with Crippen LogP contribution in [0.3, 0.4) is 0 Å². The lowest BCUT2D eigenvalue weighted by molar-refractivity contribution is 0.0979. The van der Waals surface area contributed by atoms with E-state index >= 15 is 0 Å². The Morgan fingerprint density at radius 3 is 2.37 bits per heavy atom. The van der Waals surface area contributed by atoms with Gasteiger partial charge in [0.1, 0.15) is 0 Å². The summed E-state index contributed by atoms with van der Waals surface area (Å²) in [7, 11) is 0. The third kappa shape index (κ3) is 6.58. The van der Waals surface area contributed by atoms with E-state index in [4.69, 9.17) is 11.6 Å². The fourth-order valence-corrected chi connectivity index (χ4v) is 2.48. The molecule has 0 atom stereocenters. The van der Waals surface area contributed by atoms with Gasteiger partial charge in [0.15, 0.2) is 5.78 Å². The smallest absolute Gasteiger partial charge is 0.162 e. The van der Waals surface area contributed by atoms with E-state index in [1.54, 1.807) is 6.07 Å². The van der Waals surface area contributed by atoms with Crippen LogP contribution in [0.15, 0.2) is 22.7 Å². The lowest BCUT2D eigenvalue weighted by Crippen LogP contribution is -1.98. The summed E-state index contributed by atoms with van der Waals surface area (Å²) in [5.74, 6) is 0.197. The van der Waals surface area contributed by atoms with Crippen molar-refractivity contribution in [1.82, 2.24) is 0 Å². The van der Waals surface area contributed by atoms with Gasteiger partial charge >= 0.3 is 0 Å². The minimum absolute atomic E-state index is 0.197. The fraction of sp³-hybridized carbons (Fsp3) is 0.562. The standard InChI is InChI=1S/C16H22BrClO/c1-2-3-4-5-6-7-8-9-16(19)13-10-11-14(17)15(18)12-13/h10-12H,2-9H2,1H3. The van der Waals surface area contributed by atoms with Gasteiger partial charge < -0.3 is 0 Å². The van der Waals surface area contributed by atoms with Crippen LogP contribution in [0.25, 0.3) is 0 Å². The number of rotatable bonds is 9. The molecule has 106 valence electrons. The molecule has 0 amide bonds. The second kappa shape index (κ2) is 9.55. The molecule has 0 radical (unpaired) electrons. The number of ketones is 1. The molecule has 0 saturated heterocycles. The zero-order chi connectivity index (χ0) is 14.1. The summed E-state index contributed by atoms with van der Waals surface area (Å²) < 4.78 is 0.835. The van der Waals surface area contributed by atoms with Gasteiger partial charge in [-0.2, -0.15) is 0 Å². The second-order valence-electron chi connectivity index (χ2n) is 4.92. The Morgan fingerprint density at radius 1 is 1.11 bits per heavy atom. The molecule has 0 N–H and O–H groups in total. The molecule has 1 nitrogen and oxygen atoms in total. The number of Topliss-reactive ketones (excluding diaryl/α,β-unsaturated/α-hetero) is 1. The quantitative estimate of drug-likeness (QED) is 0.372. The highest BCUT2D eigenvalue weighted by Gasteiger charge is 2.07. The first kappa shape index (κ1) is 16.7. The van der Waals surface area contributed by atoms with E-state index in [-0.39, 0.29) is 5.78 Å². The molecule has 0 heterocycles. The third-order valence-electron chi connectivity index (χ3n) is 3.25. The highest BCUT2D eigenvalue weighted by molar-refractivity contribution is 9.10. The number of carbonyl (C=O) groups excluding carboxylic acids is 1. The molecule has 0 aliphatic rings. The van der Waals surface area contributed by atoms with Crippen LogP contribution >= 0.6 is 27.5 Å². The first-order valence-electron chi connectivity index (χ1n) is 7.13. The van der Waals surface area contributed by atoms with Crippen molar-refractivity contribution in [1.29, 1.82) is 0 Å². The maximum absolute atomic E-state index is 12.0. The Morgan fingerprint density at radius 2 is 1.74 bits per heavy atom. The Labute approximate surface area is 129 Å². The maximum atomic E-state index is 12.0. The number of benzene rings is 1. The summed E-state index contributed by atoms with van der Waals surface area (Å²) in [6, 6.07) is 5.41. The SMILES string of the molecule is CCCCCCCCCC(=O)c1ccc(Br)c(Cl)c1. The highest BCUT2D eigenvalue weighted by atomic mass is 79.9. The predicted molar refractivity (Wildman–Crippen MR) is 86.1 cm³/mol. The van der Waals surface area contributed by atoms with Gasteiger partial charge in [-0.3, -0.25) is 4.79 Å². The van der Waals surface area contributed by atoms with Gasteiger partial charge in [-0.1, -0.05) is 63.1 Å². The lowest BCUT2D eigenvalue weighted by atomic mass is 10.0. The molecule has 0 unspecified atom stereocenters. The van der Waals surface area contributed by atoms with Crippen LogP contribution in [0.1, 0.15) is 68.6 Å². The highest BCUT2D eigenvalue weighted by Crippen LogP contribution is 2.24. The Kier molecular flexibility index (Phi) is 8.40. The summed E-state index contributed by atoms with van der Waals surface area (Å²) in [5.41, 5.74) is 0.721. The molecule has 0 bridgehead atoms. The summed E-state index contributed by atoms with van der Waals surface area (Å²) in [4.78, 5) is 12.0. The third-order valence-corrected chi connectivity index (χ3v) is 4.48. The van der Waals surface area contributed by atoms with Crippen molar-refractivity contribution < 1.29 is 4.79 Å². The number of hydrogen-bond acceptors (Lipinski definition) is 1. The van der Waals surface area contributed by atoms with Crippen molar-refractivity contribution in [3.63, 3.8) is 0 Å². The minimum Gasteiger partial charge on any atom is -0.294 e. The first-order chi connectivity index (χ1) is 9.15. The number of unbranched alkanes of at least 4 members (excludes halogenated alkanes) is 6. The number of halogens is 2. The van der Waals surface area contributed by atoms with Crippen molar-refractivity contribution in [3.8, 4) is 0 Å². The Bertz CT molecular complexity index is 404. The van der Waals surface area contributed by atoms with E-state index in [1.807, 2.05) is 12.1 Å². The van der Waals surface area contributed by atoms with Gasteiger partial charge in [-0.05, 0) is 34.5 Å². The van der Waals surface area contributed by atoms with Crippen LogP contribution in [0, 0.1) is 0 Å². The van der Waals surface area contributed by atoms with Crippen LogP contribution in [-0.2, 0) is 0 Å². The zero-order valence-electron chi connectivity index (χ0n) is 11.6. The van der Waals surface area contributed by atoms with Crippen LogP contribution in [-0.4, -0.2) is 5.78 Å². The second-order valence-corrected chi connectivity index (χ2v) is 6.18. The van der Waals surface area contributed by atoms with E-state index in [0.717, 1.165) is 22.9 Å². The van der Waals surface area contributed by atoms with Crippen LogP contribution in [0.4, 0.5) is 0 Å². The molecule has 0 aliphatic heterocycles. The van der Waals surface area contributed by atoms with Crippen molar-refractivity contribution in [2.75, 3.05) is 0 Å². The van der Waals surface area contributed by atoms with E-state index in [0.29, 0.717) is 11.4 Å². The summed E-state index contributed by atoms with van der Waals surface area (Å²) >= 11 is 9.32. The van der Waals surface area contributed by atoms with Gasteiger partial charge in [-0.25, -0.2) is 0 Å². The average molecular weight is 346 g/mol. The van der Waals surface area contributed by atoms with E-state index in [2.05, 4.69) is 22.9 Å². The molecular formula is C16H22BrClO. The van der Waals surface area contributed by atoms with Crippen LogP contribution < -0.4 is 0 Å². The van der Waals surface area contributed by atoms with E-state index in [9.17, 15) is 4.79 Å². The van der Waals surface area contributed by atoms with Crippen molar-refractivity contribution in [3.05, 3.63) is 33.3 Å². The summed E-state index contributed by atoms with van der Waals surface area (Å²) in [5, 5.41) is 0.602. The zero-order valence-corrected chi connectivity index (χ0v) is 13.9. The molecule has 0 aromatic heterocycles. The van der Waals surface area contributed by atoms with Crippen molar-refractivity contribution in [2.45, 2.75) is 58.3 Å². The molecule has 3 heteroatoms. The van der Waals surface area contributed by atoms with E-state index in [1.165, 1.54) is 32.1 Å². The molecule has 0 saturated carbocycles. The first-order valence-corrected chi connectivity index (χ1v) is 8.30. The Balaban J connectivity index is 2.22. The van der Waals surface area contributed by atoms with Crippen molar-refractivity contribution >= 4 is 33.3 Å².